The van der Waals surface area contributed by atoms with E-state index in [1.807, 2.05) is 18.0 Å². The number of aromatic nitrogens is 2. The molecule has 0 aliphatic heterocycles. The third-order valence-corrected chi connectivity index (χ3v) is 3.46. The highest BCUT2D eigenvalue weighted by atomic mass is 35.5. The van der Waals surface area contributed by atoms with Crippen molar-refractivity contribution in [2.75, 3.05) is 12.3 Å². The van der Waals surface area contributed by atoms with Crippen LogP contribution >= 0.6 is 11.6 Å². The number of nitrogen functional groups attached to an aromatic ring is 1. The molecule has 0 bridgehead atoms. The molecule has 0 aliphatic rings. The van der Waals surface area contributed by atoms with Gasteiger partial charge < -0.3 is 20.8 Å². The number of H-pyrrole nitrogens is 2. The molecule has 9 heteroatoms. The predicted octanol–water partition coefficient (Wildman–Crippen LogP) is 0.805. The number of hydrogen-bond acceptors (Lipinski definition) is 5. The summed E-state index contributed by atoms with van der Waals surface area (Å²) in [5.41, 5.74) is 4.23. The number of hydrogen-bond donors (Lipinski definition) is 4. The molecule has 1 heterocycles. The van der Waals surface area contributed by atoms with Gasteiger partial charge in [-0.3, -0.25) is 14.6 Å². The highest BCUT2D eigenvalue weighted by Gasteiger charge is 2.17. The highest BCUT2D eigenvalue weighted by molar-refractivity contribution is 6.32. The van der Waals surface area contributed by atoms with Gasteiger partial charge in [0, 0.05) is 0 Å². The van der Waals surface area contributed by atoms with Gasteiger partial charge in [0.05, 0.1) is 11.1 Å². The zero-order valence-electron chi connectivity index (χ0n) is 13.1. The second-order valence-corrected chi connectivity index (χ2v) is 5.72. The molecule has 0 unspecified atom stereocenters. The smallest absolute Gasteiger partial charge is 0.326 e. The number of anilines is 1. The monoisotopic (exact) mass is 352 g/mol. The first-order chi connectivity index (χ1) is 11.3. The van der Waals surface area contributed by atoms with Crippen molar-refractivity contribution in [1.29, 1.82) is 0 Å². The van der Waals surface area contributed by atoms with Crippen LogP contribution in [0.15, 0.2) is 27.8 Å². The fourth-order valence-electron chi connectivity index (χ4n) is 1.95. The van der Waals surface area contributed by atoms with Crippen LogP contribution in [0.1, 0.15) is 23.0 Å². The van der Waals surface area contributed by atoms with Gasteiger partial charge in [0.2, 0.25) is 0 Å². The minimum Gasteiger partial charge on any atom is -0.490 e. The first-order valence-electron chi connectivity index (χ1n) is 7.10. The quantitative estimate of drug-likeness (QED) is 0.632. The minimum absolute atomic E-state index is 0.141. The number of aryl methyl sites for hydroxylation is 1. The number of nitrogens with two attached hydrogens (primary N) is 1. The lowest BCUT2D eigenvalue weighted by molar-refractivity contribution is 0.0922. The molecular formula is C15H17ClN4O4. The van der Waals surface area contributed by atoms with Gasteiger partial charge in [0.1, 0.15) is 23.7 Å². The molecule has 2 rings (SSSR count). The molecule has 1 amide bonds. The van der Waals surface area contributed by atoms with Crippen LogP contribution in [0, 0.1) is 6.92 Å². The Morgan fingerprint density at radius 1 is 1.38 bits per heavy atom. The van der Waals surface area contributed by atoms with E-state index in [0.717, 1.165) is 5.56 Å². The average Bonchev–Trinajstić information content (AvgIpc) is 2.49. The summed E-state index contributed by atoms with van der Waals surface area (Å²) in [7, 11) is 0. The first kappa shape index (κ1) is 17.6. The lowest BCUT2D eigenvalue weighted by Gasteiger charge is -2.16. The van der Waals surface area contributed by atoms with Crippen molar-refractivity contribution < 1.29 is 9.53 Å². The molecule has 24 heavy (non-hydrogen) atoms. The van der Waals surface area contributed by atoms with E-state index in [1.165, 1.54) is 0 Å². The third kappa shape index (κ3) is 4.17. The Hall–Kier alpha value is -2.74. The number of carbonyl (C=O) groups is 1. The lowest BCUT2D eigenvalue weighted by Crippen LogP contribution is -2.40. The van der Waals surface area contributed by atoms with Crippen molar-refractivity contribution >= 4 is 23.2 Å². The molecule has 8 nitrogen and oxygen atoms in total. The normalized spacial score (nSPS) is 11.8. The van der Waals surface area contributed by atoms with E-state index in [9.17, 15) is 14.4 Å². The zero-order chi connectivity index (χ0) is 17.9. The van der Waals surface area contributed by atoms with Gasteiger partial charge in [0.25, 0.3) is 11.5 Å². The number of nitrogens with one attached hydrogen (secondary N) is 3. The molecule has 2 aromatic rings. The number of rotatable bonds is 5. The van der Waals surface area contributed by atoms with Crippen LogP contribution in [0.4, 0.5) is 5.69 Å². The maximum atomic E-state index is 12.1. The molecule has 0 saturated carbocycles. The SMILES string of the molecule is Cc1ccc(OC[C@@H](C)NC(=O)c2[nH]c(=O)[nH]c(=O)c2N)c(Cl)c1. The van der Waals surface area contributed by atoms with E-state index < -0.39 is 23.2 Å². The molecule has 1 aromatic carbocycles. The van der Waals surface area contributed by atoms with Crippen molar-refractivity contribution in [3.63, 3.8) is 0 Å². The summed E-state index contributed by atoms with van der Waals surface area (Å²) in [5.74, 6) is -0.186. The number of halogens is 1. The molecule has 5 N–H and O–H groups in total. The standard InChI is InChI=1S/C15H17ClN4O4/c1-7-3-4-10(9(16)5-7)24-6-8(2)18-14(22)12-11(17)13(21)20-15(23)19-12/h3-5,8H,6,17H2,1-2H3,(H,18,22)(H2,19,20,21,23)/t8-/m1/s1. The van der Waals surface area contributed by atoms with Gasteiger partial charge in [-0.2, -0.15) is 0 Å². The maximum Gasteiger partial charge on any atom is 0.326 e. The van der Waals surface area contributed by atoms with Gasteiger partial charge >= 0.3 is 5.69 Å². The summed E-state index contributed by atoms with van der Waals surface area (Å²) < 4.78 is 5.55. The van der Waals surface area contributed by atoms with Crippen LogP contribution in [-0.2, 0) is 0 Å². The number of ether oxygens (including phenoxy) is 1. The van der Waals surface area contributed by atoms with Crippen molar-refractivity contribution in [1.82, 2.24) is 15.3 Å². The maximum absolute atomic E-state index is 12.1. The summed E-state index contributed by atoms with van der Waals surface area (Å²) in [6.45, 7) is 3.74. The Labute approximate surface area is 142 Å². The Bertz CT molecular complexity index is 875. The van der Waals surface area contributed by atoms with E-state index in [1.54, 1.807) is 19.1 Å². The largest absolute Gasteiger partial charge is 0.490 e. The Morgan fingerprint density at radius 2 is 2.08 bits per heavy atom. The summed E-state index contributed by atoms with van der Waals surface area (Å²) in [4.78, 5) is 38.9. The number of amides is 1. The number of aromatic amines is 2. The second kappa shape index (κ2) is 7.22. The van der Waals surface area contributed by atoms with Crippen LogP contribution in [0.25, 0.3) is 0 Å². The van der Waals surface area contributed by atoms with Crippen LogP contribution in [0.3, 0.4) is 0 Å². The van der Waals surface area contributed by atoms with E-state index >= 15 is 0 Å². The van der Waals surface area contributed by atoms with Gasteiger partial charge in [0.15, 0.2) is 0 Å². The van der Waals surface area contributed by atoms with Gasteiger partial charge in [-0.1, -0.05) is 17.7 Å². The van der Waals surface area contributed by atoms with E-state index in [4.69, 9.17) is 22.1 Å². The molecule has 0 aliphatic carbocycles. The summed E-state index contributed by atoms with van der Waals surface area (Å²) in [5, 5.41) is 3.05. The molecule has 0 radical (unpaired) electrons. The zero-order valence-corrected chi connectivity index (χ0v) is 13.9. The number of benzene rings is 1. The summed E-state index contributed by atoms with van der Waals surface area (Å²) in [6.07, 6.45) is 0. The third-order valence-electron chi connectivity index (χ3n) is 3.16. The molecule has 128 valence electrons. The Kier molecular flexibility index (Phi) is 5.30. The highest BCUT2D eigenvalue weighted by Crippen LogP contribution is 2.25. The molecule has 0 spiro atoms. The van der Waals surface area contributed by atoms with Crippen LogP contribution < -0.4 is 27.0 Å². The van der Waals surface area contributed by atoms with E-state index in [-0.39, 0.29) is 18.0 Å². The topological polar surface area (TPSA) is 130 Å². The number of carbonyl (C=O) groups excluding carboxylic acids is 1. The minimum atomic E-state index is -0.820. The van der Waals surface area contributed by atoms with Crippen molar-refractivity contribution in [2.24, 2.45) is 0 Å². The van der Waals surface area contributed by atoms with E-state index in [2.05, 4.69) is 10.3 Å². The predicted molar refractivity (Wildman–Crippen MR) is 90.7 cm³/mol. The molecule has 0 fully saturated rings. The van der Waals surface area contributed by atoms with Crippen molar-refractivity contribution in [2.45, 2.75) is 19.9 Å². The van der Waals surface area contributed by atoms with Crippen molar-refractivity contribution in [3.05, 3.63) is 55.3 Å². The summed E-state index contributed by atoms with van der Waals surface area (Å²) in [6, 6.07) is 4.93. The molecule has 0 saturated heterocycles. The fourth-order valence-corrected chi connectivity index (χ4v) is 2.24. The fraction of sp³-hybridized carbons (Fsp3) is 0.267. The van der Waals surface area contributed by atoms with Crippen molar-refractivity contribution in [3.8, 4) is 5.75 Å². The van der Waals surface area contributed by atoms with Crippen LogP contribution in [-0.4, -0.2) is 28.5 Å². The average molecular weight is 353 g/mol. The van der Waals surface area contributed by atoms with Gasteiger partial charge in [-0.25, -0.2) is 4.79 Å². The van der Waals surface area contributed by atoms with Crippen LogP contribution in [0.5, 0.6) is 5.75 Å². The molecular weight excluding hydrogens is 336 g/mol. The summed E-state index contributed by atoms with van der Waals surface area (Å²) >= 11 is 6.06. The van der Waals surface area contributed by atoms with Gasteiger partial charge in [-0.05, 0) is 31.5 Å². The van der Waals surface area contributed by atoms with Crippen LogP contribution in [0.2, 0.25) is 5.02 Å². The van der Waals surface area contributed by atoms with E-state index in [0.29, 0.717) is 10.8 Å². The second-order valence-electron chi connectivity index (χ2n) is 5.32. The molecule has 1 atom stereocenters. The Morgan fingerprint density at radius 3 is 2.75 bits per heavy atom. The molecule has 1 aromatic heterocycles. The first-order valence-corrected chi connectivity index (χ1v) is 7.47. The van der Waals surface area contributed by atoms with Gasteiger partial charge in [-0.15, -0.1) is 0 Å². The Balaban J connectivity index is 2.02. The lowest BCUT2D eigenvalue weighted by atomic mass is 10.2.